The van der Waals surface area contributed by atoms with E-state index in [4.69, 9.17) is 9.47 Å². The number of methoxy groups -OCH3 is 2. The summed E-state index contributed by atoms with van der Waals surface area (Å²) in [4.78, 5) is 55.8. The van der Waals surface area contributed by atoms with E-state index in [1.54, 1.807) is 30.7 Å². The van der Waals surface area contributed by atoms with Gasteiger partial charge in [-0.2, -0.15) is 0 Å². The quantitative estimate of drug-likeness (QED) is 0.373. The van der Waals surface area contributed by atoms with Gasteiger partial charge in [0.2, 0.25) is 0 Å². The summed E-state index contributed by atoms with van der Waals surface area (Å²) in [5.74, 6) is -3.19. The number of hydrogen-bond acceptors (Lipinski definition) is 8. The fourth-order valence-corrected chi connectivity index (χ4v) is 6.68. The second kappa shape index (κ2) is 9.84. The summed E-state index contributed by atoms with van der Waals surface area (Å²) in [6.45, 7) is 0. The van der Waals surface area contributed by atoms with Crippen LogP contribution in [-0.4, -0.2) is 46.9 Å². The molecule has 0 aromatic carbocycles. The van der Waals surface area contributed by atoms with E-state index in [-0.39, 0.29) is 18.8 Å². The van der Waals surface area contributed by atoms with Crippen LogP contribution in [-0.2, 0) is 30.3 Å². The lowest BCUT2D eigenvalue weighted by Gasteiger charge is -2.56. The molecule has 3 aromatic heterocycles. The zero-order valence-corrected chi connectivity index (χ0v) is 20.9. The minimum Gasteiger partial charge on any atom is -0.468 e. The third kappa shape index (κ3) is 3.91. The van der Waals surface area contributed by atoms with E-state index in [1.165, 1.54) is 14.2 Å². The standard InChI is InChI=1S/C29H29N3O5/c1-36-26(34)28-17-19(15-20-9-3-6-12-30-20)18-29(25(28)33,27(35)37-2)22(24-11-5-8-14-32-24)16-21(28)23-10-4-7-13-31-23/h3-14,19,21-22H,15-18H2,1-2H3. The molecule has 5 rings (SSSR count). The average molecular weight is 500 g/mol. The fraction of sp³-hybridized carbons (Fsp3) is 0.379. The summed E-state index contributed by atoms with van der Waals surface area (Å²) in [6.07, 6.45) is 6.28. The van der Waals surface area contributed by atoms with Crippen molar-refractivity contribution in [2.75, 3.05) is 14.2 Å². The Hall–Kier alpha value is -3.94. The Kier molecular flexibility index (Phi) is 6.58. The highest BCUT2D eigenvalue weighted by molar-refractivity contribution is 6.17. The van der Waals surface area contributed by atoms with Crippen LogP contribution in [0.15, 0.2) is 73.2 Å². The summed E-state index contributed by atoms with van der Waals surface area (Å²) in [6, 6.07) is 16.6. The number of Topliss-reactive ketones (excluding diaryl/α,β-unsaturated/α-hetero) is 1. The minimum absolute atomic E-state index is 0.219. The molecule has 4 unspecified atom stereocenters. The first-order valence-corrected chi connectivity index (χ1v) is 12.4. The molecular formula is C29H29N3O5. The van der Waals surface area contributed by atoms with E-state index in [2.05, 4.69) is 15.0 Å². The molecule has 0 amide bonds. The molecule has 4 atom stereocenters. The highest BCUT2D eigenvalue weighted by atomic mass is 16.5. The SMILES string of the molecule is COC(=O)C12CC(Cc3ccccn3)CC(C(=O)OC)(C1=O)C(c1ccccn1)CC2c1ccccn1. The van der Waals surface area contributed by atoms with Gasteiger partial charge in [-0.3, -0.25) is 29.3 Å². The molecule has 0 radical (unpaired) electrons. The Balaban J connectivity index is 1.75. The summed E-state index contributed by atoms with van der Waals surface area (Å²) in [5.41, 5.74) is -1.15. The number of esters is 2. The van der Waals surface area contributed by atoms with E-state index in [1.807, 2.05) is 42.5 Å². The van der Waals surface area contributed by atoms with Crippen LogP contribution in [0, 0.1) is 16.7 Å². The summed E-state index contributed by atoms with van der Waals surface area (Å²) in [7, 11) is 2.57. The number of ketones is 1. The average Bonchev–Trinajstić information content (AvgIpc) is 2.94. The molecule has 2 aliphatic rings. The van der Waals surface area contributed by atoms with Gasteiger partial charge in [-0.1, -0.05) is 18.2 Å². The largest absolute Gasteiger partial charge is 0.468 e. The van der Waals surface area contributed by atoms with Gasteiger partial charge in [0.25, 0.3) is 0 Å². The molecular weight excluding hydrogens is 470 g/mol. The lowest BCUT2D eigenvalue weighted by atomic mass is 9.43. The second-order valence-electron chi connectivity index (χ2n) is 9.90. The third-order valence-electron chi connectivity index (χ3n) is 8.11. The number of ether oxygens (including phenoxy) is 2. The Bertz CT molecular complexity index is 1210. The molecule has 0 aliphatic heterocycles. The van der Waals surface area contributed by atoms with E-state index < -0.39 is 40.4 Å². The Labute approximate surface area is 215 Å². The molecule has 2 aliphatic carbocycles. The first kappa shape index (κ1) is 24.7. The first-order chi connectivity index (χ1) is 18.0. The first-order valence-electron chi connectivity index (χ1n) is 12.4. The topological polar surface area (TPSA) is 108 Å². The van der Waals surface area contributed by atoms with Gasteiger partial charge in [-0.25, -0.2) is 0 Å². The molecule has 2 saturated carbocycles. The predicted octanol–water partition coefficient (Wildman–Crippen LogP) is 3.68. The number of carbonyl (C=O) groups excluding carboxylic acids is 3. The van der Waals surface area contributed by atoms with Crippen LogP contribution in [0.3, 0.4) is 0 Å². The number of hydrogen-bond donors (Lipinski definition) is 0. The molecule has 3 aromatic rings. The number of rotatable bonds is 6. The van der Waals surface area contributed by atoms with Crippen LogP contribution < -0.4 is 0 Å². The van der Waals surface area contributed by atoms with Crippen molar-refractivity contribution in [2.45, 2.75) is 37.5 Å². The number of fused-ring (bicyclic) bond motifs is 2. The highest BCUT2D eigenvalue weighted by Gasteiger charge is 2.73. The lowest BCUT2D eigenvalue weighted by Crippen LogP contribution is -2.65. The monoisotopic (exact) mass is 499 g/mol. The van der Waals surface area contributed by atoms with E-state index in [0.717, 1.165) is 5.69 Å². The third-order valence-corrected chi connectivity index (χ3v) is 8.11. The van der Waals surface area contributed by atoms with E-state index >= 15 is 0 Å². The summed E-state index contributed by atoms with van der Waals surface area (Å²) in [5, 5.41) is 0. The van der Waals surface area contributed by atoms with Crippen molar-refractivity contribution in [3.8, 4) is 0 Å². The maximum Gasteiger partial charge on any atom is 0.320 e. The highest BCUT2D eigenvalue weighted by Crippen LogP contribution is 2.65. The zero-order chi connectivity index (χ0) is 26.0. The molecule has 8 nitrogen and oxygen atoms in total. The van der Waals surface area contributed by atoms with Gasteiger partial charge in [-0.05, 0) is 68.0 Å². The van der Waals surface area contributed by atoms with Crippen LogP contribution >= 0.6 is 0 Å². The molecule has 2 bridgehead atoms. The fourth-order valence-electron chi connectivity index (χ4n) is 6.68. The maximum absolute atomic E-state index is 14.7. The van der Waals surface area contributed by atoms with Crippen molar-refractivity contribution in [3.63, 3.8) is 0 Å². The zero-order valence-electron chi connectivity index (χ0n) is 20.9. The van der Waals surface area contributed by atoms with Gasteiger partial charge in [0.15, 0.2) is 5.78 Å². The normalized spacial score (nSPS) is 28.8. The van der Waals surface area contributed by atoms with E-state index in [0.29, 0.717) is 24.2 Å². The molecule has 190 valence electrons. The number of pyridine rings is 3. The van der Waals surface area contributed by atoms with Crippen LogP contribution in [0.1, 0.15) is 48.2 Å². The van der Waals surface area contributed by atoms with Gasteiger partial charge >= 0.3 is 11.9 Å². The van der Waals surface area contributed by atoms with Gasteiger partial charge < -0.3 is 9.47 Å². The van der Waals surface area contributed by atoms with Crippen LogP contribution in [0.25, 0.3) is 0 Å². The number of aromatic nitrogens is 3. The molecule has 37 heavy (non-hydrogen) atoms. The van der Waals surface area contributed by atoms with Crippen molar-refractivity contribution in [3.05, 3.63) is 90.3 Å². The predicted molar refractivity (Wildman–Crippen MR) is 133 cm³/mol. The molecule has 0 N–H and O–H groups in total. The smallest absolute Gasteiger partial charge is 0.320 e. The molecule has 0 saturated heterocycles. The molecule has 2 fully saturated rings. The Morgan fingerprint density at radius 3 is 1.68 bits per heavy atom. The van der Waals surface area contributed by atoms with Gasteiger partial charge in [0.1, 0.15) is 10.8 Å². The van der Waals surface area contributed by atoms with Crippen molar-refractivity contribution < 1.29 is 23.9 Å². The van der Waals surface area contributed by atoms with Crippen LogP contribution in [0.4, 0.5) is 0 Å². The van der Waals surface area contributed by atoms with Crippen LogP contribution in [0.5, 0.6) is 0 Å². The minimum atomic E-state index is -1.60. The van der Waals surface area contributed by atoms with Crippen molar-refractivity contribution in [1.29, 1.82) is 0 Å². The maximum atomic E-state index is 14.7. The lowest BCUT2D eigenvalue weighted by molar-refractivity contribution is -0.186. The van der Waals surface area contributed by atoms with Gasteiger partial charge in [-0.15, -0.1) is 0 Å². The number of nitrogens with zero attached hydrogens (tertiary/aromatic N) is 3. The molecule has 8 heteroatoms. The van der Waals surface area contributed by atoms with Crippen molar-refractivity contribution in [1.82, 2.24) is 15.0 Å². The van der Waals surface area contributed by atoms with Crippen LogP contribution in [0.2, 0.25) is 0 Å². The Morgan fingerprint density at radius 2 is 1.27 bits per heavy atom. The summed E-state index contributed by atoms with van der Waals surface area (Å²) < 4.78 is 10.6. The Morgan fingerprint density at radius 1 is 0.784 bits per heavy atom. The summed E-state index contributed by atoms with van der Waals surface area (Å²) >= 11 is 0. The second-order valence-corrected chi connectivity index (χ2v) is 9.90. The van der Waals surface area contributed by atoms with Gasteiger partial charge in [0, 0.05) is 47.5 Å². The van der Waals surface area contributed by atoms with Gasteiger partial charge in [0.05, 0.1) is 14.2 Å². The van der Waals surface area contributed by atoms with Crippen molar-refractivity contribution >= 4 is 17.7 Å². The van der Waals surface area contributed by atoms with E-state index in [9.17, 15) is 14.4 Å². The van der Waals surface area contributed by atoms with Crippen molar-refractivity contribution in [2.24, 2.45) is 16.7 Å². The number of carbonyl (C=O) groups is 3. The molecule has 3 heterocycles. The molecule has 0 spiro atoms.